The van der Waals surface area contributed by atoms with Crippen molar-refractivity contribution in [2.24, 2.45) is 0 Å². The van der Waals surface area contributed by atoms with Gasteiger partial charge in [-0.05, 0) is 26.0 Å². The maximum Gasteiger partial charge on any atom is 0.129 e. The van der Waals surface area contributed by atoms with E-state index in [2.05, 4.69) is 29.1 Å². The zero-order valence-electron chi connectivity index (χ0n) is 9.27. The SMILES string of the molecule is CC(C)(Nc1cccc(N)n1)c1nccs1. The van der Waals surface area contributed by atoms with E-state index in [1.165, 1.54) is 0 Å². The van der Waals surface area contributed by atoms with Crippen LogP contribution in [-0.4, -0.2) is 9.97 Å². The molecule has 0 saturated carbocycles. The number of thiazole rings is 1. The first-order valence-electron chi connectivity index (χ1n) is 4.98. The molecule has 0 radical (unpaired) electrons. The molecule has 0 aliphatic rings. The van der Waals surface area contributed by atoms with E-state index in [0.717, 1.165) is 10.8 Å². The number of hydrogen-bond donors (Lipinski definition) is 2. The van der Waals surface area contributed by atoms with Crippen LogP contribution >= 0.6 is 11.3 Å². The van der Waals surface area contributed by atoms with Crippen LogP contribution in [0.5, 0.6) is 0 Å². The second-order valence-electron chi connectivity index (χ2n) is 4.03. The van der Waals surface area contributed by atoms with Crippen LogP contribution in [0.15, 0.2) is 29.8 Å². The second-order valence-corrected chi connectivity index (χ2v) is 4.93. The van der Waals surface area contributed by atoms with E-state index in [4.69, 9.17) is 5.73 Å². The average molecular weight is 234 g/mol. The molecule has 2 aromatic heterocycles. The molecular weight excluding hydrogens is 220 g/mol. The minimum atomic E-state index is -0.241. The molecule has 2 aromatic rings. The highest BCUT2D eigenvalue weighted by molar-refractivity contribution is 7.09. The number of nitrogens with one attached hydrogen (secondary N) is 1. The van der Waals surface area contributed by atoms with E-state index in [1.54, 1.807) is 23.6 Å². The number of hydrogen-bond acceptors (Lipinski definition) is 5. The Hall–Kier alpha value is -1.62. The molecule has 0 bridgehead atoms. The number of nitrogens with zero attached hydrogens (tertiary/aromatic N) is 2. The summed E-state index contributed by atoms with van der Waals surface area (Å²) in [6.45, 7) is 4.13. The van der Waals surface area contributed by atoms with Gasteiger partial charge in [0.2, 0.25) is 0 Å². The average Bonchev–Trinajstić information content (AvgIpc) is 2.69. The highest BCUT2D eigenvalue weighted by Crippen LogP contribution is 2.26. The molecular formula is C11H14N4S. The first-order valence-corrected chi connectivity index (χ1v) is 5.86. The quantitative estimate of drug-likeness (QED) is 0.856. The number of nitrogen functional groups attached to an aromatic ring is 1. The van der Waals surface area contributed by atoms with Gasteiger partial charge in [-0.3, -0.25) is 0 Å². The van der Waals surface area contributed by atoms with Gasteiger partial charge in [-0.1, -0.05) is 6.07 Å². The van der Waals surface area contributed by atoms with Crippen molar-refractivity contribution in [1.29, 1.82) is 0 Å². The van der Waals surface area contributed by atoms with Crippen LogP contribution in [0.3, 0.4) is 0 Å². The van der Waals surface area contributed by atoms with Gasteiger partial charge in [0.05, 0.1) is 5.54 Å². The van der Waals surface area contributed by atoms with Crippen LogP contribution < -0.4 is 11.1 Å². The summed E-state index contributed by atoms with van der Waals surface area (Å²) >= 11 is 1.62. The van der Waals surface area contributed by atoms with Crippen LogP contribution in [0.4, 0.5) is 11.6 Å². The topological polar surface area (TPSA) is 63.8 Å². The zero-order valence-corrected chi connectivity index (χ0v) is 10.1. The third kappa shape index (κ3) is 2.30. The summed E-state index contributed by atoms with van der Waals surface area (Å²) in [6, 6.07) is 5.54. The molecule has 3 N–H and O–H groups in total. The summed E-state index contributed by atoms with van der Waals surface area (Å²) < 4.78 is 0. The van der Waals surface area contributed by atoms with Gasteiger partial charge < -0.3 is 11.1 Å². The van der Waals surface area contributed by atoms with Crippen molar-refractivity contribution in [3.05, 3.63) is 34.8 Å². The first kappa shape index (κ1) is 10.9. The molecule has 0 amide bonds. The summed E-state index contributed by atoms with van der Waals surface area (Å²) in [5.41, 5.74) is 5.39. The highest BCUT2D eigenvalue weighted by atomic mass is 32.1. The Labute approximate surface area is 98.6 Å². The lowest BCUT2D eigenvalue weighted by molar-refractivity contribution is 0.601. The summed E-state index contributed by atoms with van der Waals surface area (Å²) in [6.07, 6.45) is 1.80. The van der Waals surface area contributed by atoms with Crippen LogP contribution in [0.2, 0.25) is 0 Å². The normalized spacial score (nSPS) is 11.4. The lowest BCUT2D eigenvalue weighted by Crippen LogP contribution is -2.28. The molecule has 2 heterocycles. The van der Waals surface area contributed by atoms with Gasteiger partial charge >= 0.3 is 0 Å². The fraction of sp³-hybridized carbons (Fsp3) is 0.273. The molecule has 0 spiro atoms. The highest BCUT2D eigenvalue weighted by Gasteiger charge is 2.23. The predicted molar refractivity (Wildman–Crippen MR) is 67.4 cm³/mol. The molecule has 0 saturated heterocycles. The Bertz CT molecular complexity index is 465. The van der Waals surface area contributed by atoms with Gasteiger partial charge in [0.25, 0.3) is 0 Å². The van der Waals surface area contributed by atoms with E-state index in [-0.39, 0.29) is 5.54 Å². The maximum absolute atomic E-state index is 5.63. The molecule has 0 aliphatic carbocycles. The standard InChI is InChI=1S/C11H14N4S/c1-11(2,10-13-6-7-16-10)15-9-5-3-4-8(12)14-9/h3-7H,1-2H3,(H3,12,14,15). The maximum atomic E-state index is 5.63. The molecule has 0 fully saturated rings. The van der Waals surface area contributed by atoms with Crippen molar-refractivity contribution in [1.82, 2.24) is 9.97 Å². The van der Waals surface area contributed by atoms with Crippen molar-refractivity contribution in [3.8, 4) is 0 Å². The monoisotopic (exact) mass is 234 g/mol. The minimum absolute atomic E-state index is 0.241. The Balaban J connectivity index is 2.21. The van der Waals surface area contributed by atoms with Crippen molar-refractivity contribution >= 4 is 23.0 Å². The van der Waals surface area contributed by atoms with E-state index >= 15 is 0 Å². The molecule has 16 heavy (non-hydrogen) atoms. The van der Waals surface area contributed by atoms with E-state index in [1.807, 2.05) is 17.5 Å². The number of anilines is 2. The van der Waals surface area contributed by atoms with Gasteiger partial charge in [-0.15, -0.1) is 11.3 Å². The largest absolute Gasteiger partial charge is 0.384 e. The molecule has 84 valence electrons. The van der Waals surface area contributed by atoms with Gasteiger partial charge in [0.15, 0.2) is 0 Å². The van der Waals surface area contributed by atoms with E-state index < -0.39 is 0 Å². The van der Waals surface area contributed by atoms with Crippen LogP contribution in [0.25, 0.3) is 0 Å². The fourth-order valence-electron chi connectivity index (χ4n) is 1.43. The number of aromatic nitrogens is 2. The Morgan fingerprint density at radius 3 is 2.81 bits per heavy atom. The minimum Gasteiger partial charge on any atom is -0.384 e. The third-order valence-electron chi connectivity index (χ3n) is 2.18. The van der Waals surface area contributed by atoms with Crippen LogP contribution in [0.1, 0.15) is 18.9 Å². The number of nitrogens with two attached hydrogens (primary N) is 1. The van der Waals surface area contributed by atoms with Crippen molar-refractivity contribution in [3.63, 3.8) is 0 Å². The molecule has 4 nitrogen and oxygen atoms in total. The summed E-state index contributed by atoms with van der Waals surface area (Å²) in [5, 5.41) is 6.31. The predicted octanol–water partition coefficient (Wildman–Crippen LogP) is 2.47. The molecule has 0 atom stereocenters. The Kier molecular flexibility index (Phi) is 2.78. The van der Waals surface area contributed by atoms with Crippen molar-refractivity contribution < 1.29 is 0 Å². The van der Waals surface area contributed by atoms with Gasteiger partial charge in [0, 0.05) is 11.6 Å². The molecule has 0 unspecified atom stereocenters. The Morgan fingerprint density at radius 1 is 1.38 bits per heavy atom. The van der Waals surface area contributed by atoms with Crippen LogP contribution in [-0.2, 0) is 5.54 Å². The summed E-state index contributed by atoms with van der Waals surface area (Å²) in [4.78, 5) is 8.52. The smallest absolute Gasteiger partial charge is 0.129 e. The first-order chi connectivity index (χ1) is 7.58. The Morgan fingerprint density at radius 2 is 2.19 bits per heavy atom. The van der Waals surface area contributed by atoms with Crippen molar-refractivity contribution in [2.75, 3.05) is 11.1 Å². The third-order valence-corrected chi connectivity index (χ3v) is 3.27. The van der Waals surface area contributed by atoms with Crippen molar-refractivity contribution in [2.45, 2.75) is 19.4 Å². The number of rotatable bonds is 3. The molecule has 2 rings (SSSR count). The van der Waals surface area contributed by atoms with Crippen LogP contribution in [0, 0.1) is 0 Å². The lowest BCUT2D eigenvalue weighted by Gasteiger charge is -2.24. The molecule has 0 aliphatic heterocycles. The summed E-state index contributed by atoms with van der Waals surface area (Å²) in [7, 11) is 0. The lowest BCUT2D eigenvalue weighted by atomic mass is 10.1. The fourth-order valence-corrected chi connectivity index (χ4v) is 2.14. The van der Waals surface area contributed by atoms with E-state index in [0.29, 0.717) is 5.82 Å². The van der Waals surface area contributed by atoms with Gasteiger partial charge in [-0.2, -0.15) is 0 Å². The summed E-state index contributed by atoms with van der Waals surface area (Å²) in [5.74, 6) is 1.28. The van der Waals surface area contributed by atoms with E-state index in [9.17, 15) is 0 Å². The number of pyridine rings is 1. The van der Waals surface area contributed by atoms with Gasteiger partial charge in [0.1, 0.15) is 16.6 Å². The molecule has 0 aromatic carbocycles. The van der Waals surface area contributed by atoms with Gasteiger partial charge in [-0.25, -0.2) is 9.97 Å². The zero-order chi connectivity index (χ0) is 11.6. The molecule has 5 heteroatoms. The second kappa shape index (κ2) is 4.09.